The van der Waals surface area contributed by atoms with E-state index in [-0.39, 0.29) is 11.8 Å². The lowest BCUT2D eigenvalue weighted by molar-refractivity contribution is 0.0943. The first-order chi connectivity index (χ1) is 9.18. The molecule has 0 aromatic heterocycles. The molecule has 1 heterocycles. The molecule has 0 fully saturated rings. The van der Waals surface area contributed by atoms with Crippen LogP contribution in [0.3, 0.4) is 0 Å². The molecule has 19 heavy (non-hydrogen) atoms. The molecule has 96 valence electrons. The third-order valence-corrected chi connectivity index (χ3v) is 3.76. The van der Waals surface area contributed by atoms with Gasteiger partial charge in [0.1, 0.15) is 0 Å². The molecule has 3 heteroatoms. The second-order valence-corrected chi connectivity index (χ2v) is 4.93. The first-order valence-corrected chi connectivity index (χ1v) is 6.40. The van der Waals surface area contributed by atoms with Crippen molar-refractivity contribution in [2.45, 2.75) is 12.8 Å². The van der Waals surface area contributed by atoms with E-state index in [2.05, 4.69) is 24.4 Å². The average Bonchev–Trinajstić information content (AvgIpc) is 2.40. The Bertz CT molecular complexity index is 649. The smallest absolute Gasteiger partial charge is 0.253 e. The maximum Gasteiger partial charge on any atom is 0.253 e. The second kappa shape index (κ2) is 4.43. The number of nitrogens with two attached hydrogens (primary N) is 1. The summed E-state index contributed by atoms with van der Waals surface area (Å²) in [5, 5.41) is 2.94. The molecule has 0 saturated carbocycles. The number of aryl methyl sites for hydroxylation is 1. The molecular formula is C16H16N2O. The Kier molecular flexibility index (Phi) is 2.75. The Labute approximate surface area is 112 Å². The van der Waals surface area contributed by atoms with Crippen molar-refractivity contribution in [3.05, 3.63) is 64.7 Å². The van der Waals surface area contributed by atoms with Crippen molar-refractivity contribution in [3.8, 4) is 0 Å². The minimum Gasteiger partial charge on any atom is -0.398 e. The number of anilines is 1. The molecular weight excluding hydrogens is 236 g/mol. The molecule has 0 saturated heterocycles. The van der Waals surface area contributed by atoms with Crippen molar-refractivity contribution >= 4 is 11.6 Å². The number of carbonyl (C=O) groups excluding carboxylic acids is 1. The van der Waals surface area contributed by atoms with Crippen molar-refractivity contribution in [2.75, 3.05) is 12.3 Å². The van der Waals surface area contributed by atoms with Crippen LogP contribution in [0.1, 0.15) is 33.0 Å². The molecule has 2 aromatic carbocycles. The van der Waals surface area contributed by atoms with Crippen molar-refractivity contribution < 1.29 is 4.79 Å². The monoisotopic (exact) mass is 252 g/mol. The van der Waals surface area contributed by atoms with E-state index in [0.717, 1.165) is 5.56 Å². The van der Waals surface area contributed by atoms with Crippen LogP contribution in [0.5, 0.6) is 0 Å². The topological polar surface area (TPSA) is 55.1 Å². The molecule has 3 rings (SSSR count). The zero-order valence-corrected chi connectivity index (χ0v) is 10.8. The number of hydrogen-bond acceptors (Lipinski definition) is 2. The van der Waals surface area contributed by atoms with E-state index in [1.165, 1.54) is 11.1 Å². The van der Waals surface area contributed by atoms with E-state index < -0.39 is 0 Å². The van der Waals surface area contributed by atoms with Crippen LogP contribution in [-0.4, -0.2) is 12.5 Å². The largest absolute Gasteiger partial charge is 0.398 e. The highest BCUT2D eigenvalue weighted by Gasteiger charge is 2.28. The molecule has 3 N–H and O–H groups in total. The Morgan fingerprint density at radius 3 is 2.63 bits per heavy atom. The lowest BCUT2D eigenvalue weighted by atomic mass is 9.83. The normalized spacial score (nSPS) is 17.7. The Morgan fingerprint density at radius 2 is 1.84 bits per heavy atom. The maximum atomic E-state index is 12.0. The number of fused-ring (bicyclic) bond motifs is 1. The van der Waals surface area contributed by atoms with Crippen LogP contribution in [0.4, 0.5) is 5.69 Å². The highest BCUT2D eigenvalue weighted by Crippen LogP contribution is 2.33. The quantitative estimate of drug-likeness (QED) is 0.766. The molecule has 2 aromatic rings. The lowest BCUT2D eigenvalue weighted by Crippen LogP contribution is -2.36. The van der Waals surface area contributed by atoms with E-state index in [0.29, 0.717) is 17.8 Å². The van der Waals surface area contributed by atoms with Gasteiger partial charge in [-0.25, -0.2) is 0 Å². The molecule has 1 unspecified atom stereocenters. The number of carbonyl (C=O) groups is 1. The van der Waals surface area contributed by atoms with Gasteiger partial charge in [0.2, 0.25) is 0 Å². The summed E-state index contributed by atoms with van der Waals surface area (Å²) in [7, 11) is 0. The van der Waals surface area contributed by atoms with Gasteiger partial charge in [0.25, 0.3) is 5.91 Å². The fourth-order valence-corrected chi connectivity index (χ4v) is 2.79. The molecule has 3 nitrogen and oxygen atoms in total. The van der Waals surface area contributed by atoms with Gasteiger partial charge in [0, 0.05) is 18.2 Å². The predicted octanol–water partition coefficient (Wildman–Crippen LogP) is 2.45. The number of nitrogens with one attached hydrogen (secondary N) is 1. The number of hydrogen-bond donors (Lipinski definition) is 2. The lowest BCUT2D eigenvalue weighted by Gasteiger charge is -2.28. The minimum absolute atomic E-state index is 0.0714. The summed E-state index contributed by atoms with van der Waals surface area (Å²) >= 11 is 0. The summed E-state index contributed by atoms with van der Waals surface area (Å²) in [5.74, 6) is 0.107. The van der Waals surface area contributed by atoms with E-state index in [1.54, 1.807) is 6.07 Å². The number of nitrogen functional groups attached to an aromatic ring is 1. The van der Waals surface area contributed by atoms with Gasteiger partial charge in [-0.2, -0.15) is 0 Å². The van der Waals surface area contributed by atoms with E-state index in [9.17, 15) is 4.79 Å². The van der Waals surface area contributed by atoms with Crippen LogP contribution in [0.2, 0.25) is 0 Å². The van der Waals surface area contributed by atoms with Crippen molar-refractivity contribution in [3.63, 3.8) is 0 Å². The van der Waals surface area contributed by atoms with Crippen molar-refractivity contribution in [1.29, 1.82) is 0 Å². The summed E-state index contributed by atoms with van der Waals surface area (Å²) in [6.07, 6.45) is 0. The maximum absolute atomic E-state index is 12.0. The van der Waals surface area contributed by atoms with E-state index in [4.69, 9.17) is 5.73 Å². The second-order valence-electron chi connectivity index (χ2n) is 4.93. The fraction of sp³-hybridized carbons (Fsp3) is 0.188. The predicted molar refractivity (Wildman–Crippen MR) is 76.2 cm³/mol. The first-order valence-electron chi connectivity index (χ1n) is 6.40. The number of benzene rings is 2. The summed E-state index contributed by atoms with van der Waals surface area (Å²) in [6.45, 7) is 2.72. The SMILES string of the molecule is Cc1ccccc1C1CNC(=O)c2c(N)cccc21. The summed E-state index contributed by atoms with van der Waals surface area (Å²) in [5.41, 5.74) is 10.6. The van der Waals surface area contributed by atoms with Crippen LogP contribution >= 0.6 is 0 Å². The average molecular weight is 252 g/mol. The summed E-state index contributed by atoms with van der Waals surface area (Å²) < 4.78 is 0. The minimum atomic E-state index is -0.0714. The van der Waals surface area contributed by atoms with Crippen LogP contribution in [0.15, 0.2) is 42.5 Å². The Balaban J connectivity index is 2.17. The zero-order chi connectivity index (χ0) is 13.4. The van der Waals surface area contributed by atoms with Gasteiger partial charge in [0.05, 0.1) is 5.56 Å². The van der Waals surface area contributed by atoms with Gasteiger partial charge in [-0.15, -0.1) is 0 Å². The van der Waals surface area contributed by atoms with Gasteiger partial charge >= 0.3 is 0 Å². The van der Waals surface area contributed by atoms with Gasteiger partial charge < -0.3 is 11.1 Å². The molecule has 0 radical (unpaired) electrons. The zero-order valence-electron chi connectivity index (χ0n) is 10.8. The highest BCUT2D eigenvalue weighted by atomic mass is 16.1. The molecule has 1 atom stereocenters. The summed E-state index contributed by atoms with van der Waals surface area (Å²) in [6, 6.07) is 14.0. The third kappa shape index (κ3) is 1.87. The number of rotatable bonds is 1. The van der Waals surface area contributed by atoms with Crippen LogP contribution in [0, 0.1) is 6.92 Å². The van der Waals surface area contributed by atoms with Gasteiger partial charge in [-0.3, -0.25) is 4.79 Å². The van der Waals surface area contributed by atoms with Gasteiger partial charge in [-0.05, 0) is 29.7 Å². The van der Waals surface area contributed by atoms with Gasteiger partial charge in [0.15, 0.2) is 0 Å². The van der Waals surface area contributed by atoms with E-state index in [1.807, 2.05) is 24.3 Å². The fourth-order valence-electron chi connectivity index (χ4n) is 2.79. The highest BCUT2D eigenvalue weighted by molar-refractivity contribution is 6.02. The molecule has 1 amide bonds. The Hall–Kier alpha value is -2.29. The van der Waals surface area contributed by atoms with Crippen LogP contribution < -0.4 is 11.1 Å². The van der Waals surface area contributed by atoms with E-state index >= 15 is 0 Å². The number of amides is 1. The molecule has 1 aliphatic heterocycles. The molecule has 1 aliphatic rings. The molecule has 0 aliphatic carbocycles. The summed E-state index contributed by atoms with van der Waals surface area (Å²) in [4.78, 5) is 12.0. The van der Waals surface area contributed by atoms with Gasteiger partial charge in [-0.1, -0.05) is 36.4 Å². The van der Waals surface area contributed by atoms with Crippen LogP contribution in [0.25, 0.3) is 0 Å². The Morgan fingerprint density at radius 1 is 1.11 bits per heavy atom. The van der Waals surface area contributed by atoms with Crippen molar-refractivity contribution in [2.24, 2.45) is 0 Å². The van der Waals surface area contributed by atoms with Crippen molar-refractivity contribution in [1.82, 2.24) is 5.32 Å². The molecule has 0 spiro atoms. The third-order valence-electron chi connectivity index (χ3n) is 3.76. The molecule has 0 bridgehead atoms. The first kappa shape index (κ1) is 11.8. The van der Waals surface area contributed by atoms with Crippen LogP contribution in [-0.2, 0) is 0 Å². The standard InChI is InChI=1S/C16H16N2O/c1-10-5-2-3-6-11(10)13-9-18-16(19)15-12(13)7-4-8-14(15)17/h2-8,13H,9,17H2,1H3,(H,18,19).